The molecule has 1 atom stereocenters. The molecule has 1 aliphatic heterocycles. The summed E-state index contributed by atoms with van der Waals surface area (Å²) in [6, 6.07) is 7.00. The highest BCUT2D eigenvalue weighted by atomic mass is 32.2. The predicted molar refractivity (Wildman–Crippen MR) is 94.6 cm³/mol. The van der Waals surface area contributed by atoms with Crippen LogP contribution in [0.15, 0.2) is 24.3 Å². The Morgan fingerprint density at radius 3 is 2.28 bits per heavy atom. The molecule has 2 fully saturated rings. The smallest absolute Gasteiger partial charge is 0.261 e. The number of rotatable bonds is 6. The number of benzene rings is 1. The molecule has 1 aliphatic carbocycles. The van der Waals surface area contributed by atoms with Crippen molar-refractivity contribution in [2.75, 3.05) is 25.2 Å². The molecule has 2 aliphatic rings. The van der Waals surface area contributed by atoms with Gasteiger partial charge in [-0.1, -0.05) is 12.8 Å². The normalized spacial score (nSPS) is 22.7. The summed E-state index contributed by atoms with van der Waals surface area (Å²) in [4.78, 5) is 14.6. The second kappa shape index (κ2) is 7.64. The van der Waals surface area contributed by atoms with Crippen LogP contribution >= 0.6 is 0 Å². The molecule has 25 heavy (non-hydrogen) atoms. The molecule has 3 rings (SSSR count). The van der Waals surface area contributed by atoms with Crippen LogP contribution < -0.4 is 9.47 Å². The van der Waals surface area contributed by atoms with E-state index in [9.17, 15) is 13.2 Å². The Hall–Kier alpha value is -1.76. The van der Waals surface area contributed by atoms with E-state index in [1.165, 1.54) is 0 Å². The monoisotopic (exact) mass is 367 g/mol. The molecular weight excluding hydrogens is 342 g/mol. The summed E-state index contributed by atoms with van der Waals surface area (Å²) in [6.07, 6.45) is 4.61. The fourth-order valence-corrected chi connectivity index (χ4v) is 5.49. The number of methoxy groups -OCH3 is 1. The molecule has 1 saturated carbocycles. The Kier molecular flexibility index (Phi) is 5.51. The summed E-state index contributed by atoms with van der Waals surface area (Å²) in [5.41, 5.74) is 0. The highest BCUT2D eigenvalue weighted by Crippen LogP contribution is 2.29. The highest BCUT2D eigenvalue weighted by molar-refractivity contribution is 7.91. The SMILES string of the molecule is COc1ccc(OCC(=O)N(C2CCCC2)[C@@H]2CCS(=O)(=O)C2)cc1. The van der Waals surface area contributed by atoms with Crippen LogP contribution in [0.25, 0.3) is 0 Å². The Bertz CT molecular complexity index is 695. The van der Waals surface area contributed by atoms with Crippen LogP contribution in [-0.4, -0.2) is 56.5 Å². The first-order chi connectivity index (χ1) is 12.0. The summed E-state index contributed by atoms with van der Waals surface area (Å²) in [7, 11) is -1.44. The van der Waals surface area contributed by atoms with Gasteiger partial charge in [0.15, 0.2) is 16.4 Å². The van der Waals surface area contributed by atoms with Gasteiger partial charge in [0.25, 0.3) is 5.91 Å². The summed E-state index contributed by atoms with van der Waals surface area (Å²) in [6.45, 7) is -0.0701. The Morgan fingerprint density at radius 2 is 1.72 bits per heavy atom. The molecule has 138 valence electrons. The minimum atomic E-state index is -3.03. The van der Waals surface area contributed by atoms with Gasteiger partial charge in [-0.15, -0.1) is 0 Å². The Labute approximate surface area is 149 Å². The average molecular weight is 367 g/mol. The lowest BCUT2D eigenvalue weighted by atomic mass is 10.1. The van der Waals surface area contributed by atoms with E-state index in [0.717, 1.165) is 31.4 Å². The minimum Gasteiger partial charge on any atom is -0.497 e. The highest BCUT2D eigenvalue weighted by Gasteiger charge is 2.39. The minimum absolute atomic E-state index is 0.0701. The number of carbonyl (C=O) groups is 1. The molecule has 0 bridgehead atoms. The second-order valence-electron chi connectivity index (χ2n) is 6.76. The van der Waals surface area contributed by atoms with Gasteiger partial charge < -0.3 is 14.4 Å². The third-order valence-electron chi connectivity index (χ3n) is 5.03. The number of sulfone groups is 1. The molecule has 7 heteroatoms. The number of ether oxygens (including phenoxy) is 2. The number of hydrogen-bond donors (Lipinski definition) is 0. The number of carbonyl (C=O) groups excluding carboxylic acids is 1. The number of amides is 1. The molecule has 1 saturated heterocycles. The van der Waals surface area contributed by atoms with Crippen molar-refractivity contribution in [3.8, 4) is 11.5 Å². The third kappa shape index (κ3) is 4.45. The first-order valence-corrected chi connectivity index (χ1v) is 10.6. The van der Waals surface area contributed by atoms with Crippen molar-refractivity contribution in [2.45, 2.75) is 44.2 Å². The zero-order valence-electron chi connectivity index (χ0n) is 14.5. The zero-order valence-corrected chi connectivity index (χ0v) is 15.3. The van der Waals surface area contributed by atoms with E-state index in [4.69, 9.17) is 9.47 Å². The molecule has 1 aromatic carbocycles. The maximum absolute atomic E-state index is 12.8. The molecule has 1 amide bonds. The van der Waals surface area contributed by atoms with Gasteiger partial charge in [0.2, 0.25) is 0 Å². The van der Waals surface area contributed by atoms with Gasteiger partial charge in [-0.05, 0) is 43.5 Å². The van der Waals surface area contributed by atoms with Crippen LogP contribution in [0.5, 0.6) is 11.5 Å². The van der Waals surface area contributed by atoms with Gasteiger partial charge in [0.1, 0.15) is 11.5 Å². The second-order valence-corrected chi connectivity index (χ2v) is 8.99. The van der Waals surface area contributed by atoms with Crippen molar-refractivity contribution in [2.24, 2.45) is 0 Å². The predicted octanol–water partition coefficient (Wildman–Crippen LogP) is 2.03. The lowest BCUT2D eigenvalue weighted by Crippen LogP contribution is -2.48. The molecule has 1 heterocycles. The molecule has 0 unspecified atom stereocenters. The standard InChI is InChI=1S/C18H25NO5S/c1-23-16-6-8-17(9-7-16)24-12-18(20)19(14-4-2-3-5-14)15-10-11-25(21,22)13-15/h6-9,14-15H,2-5,10-13H2,1H3/t15-/m1/s1. The van der Waals surface area contributed by atoms with Gasteiger partial charge in [-0.2, -0.15) is 0 Å². The maximum Gasteiger partial charge on any atom is 0.261 e. The van der Waals surface area contributed by atoms with Crippen LogP contribution in [-0.2, 0) is 14.6 Å². The summed E-state index contributed by atoms with van der Waals surface area (Å²) < 4.78 is 34.4. The number of nitrogens with zero attached hydrogens (tertiary/aromatic N) is 1. The van der Waals surface area contributed by atoms with Crippen molar-refractivity contribution in [3.05, 3.63) is 24.3 Å². The average Bonchev–Trinajstić information content (AvgIpc) is 3.24. The van der Waals surface area contributed by atoms with E-state index in [0.29, 0.717) is 12.2 Å². The van der Waals surface area contributed by atoms with Crippen molar-refractivity contribution in [1.29, 1.82) is 0 Å². The first-order valence-electron chi connectivity index (χ1n) is 8.77. The van der Waals surface area contributed by atoms with Crippen LogP contribution in [0.2, 0.25) is 0 Å². The molecule has 0 N–H and O–H groups in total. The first kappa shape index (κ1) is 18.0. The van der Waals surface area contributed by atoms with Crippen molar-refractivity contribution in [1.82, 2.24) is 4.90 Å². The zero-order chi connectivity index (χ0) is 17.9. The Morgan fingerprint density at radius 1 is 1.08 bits per heavy atom. The lowest BCUT2D eigenvalue weighted by Gasteiger charge is -2.34. The summed E-state index contributed by atoms with van der Waals surface area (Å²) >= 11 is 0. The molecule has 0 aromatic heterocycles. The Balaban J connectivity index is 1.66. The maximum atomic E-state index is 12.8. The molecular formula is C18H25NO5S. The fourth-order valence-electron chi connectivity index (χ4n) is 3.77. The fraction of sp³-hybridized carbons (Fsp3) is 0.611. The summed E-state index contributed by atoms with van der Waals surface area (Å²) in [5, 5.41) is 0. The quantitative estimate of drug-likeness (QED) is 0.769. The molecule has 0 radical (unpaired) electrons. The van der Waals surface area contributed by atoms with E-state index in [1.54, 1.807) is 36.3 Å². The van der Waals surface area contributed by atoms with Crippen molar-refractivity contribution in [3.63, 3.8) is 0 Å². The van der Waals surface area contributed by atoms with Gasteiger partial charge in [-0.3, -0.25) is 4.79 Å². The van der Waals surface area contributed by atoms with Gasteiger partial charge in [0, 0.05) is 12.1 Å². The van der Waals surface area contributed by atoms with E-state index >= 15 is 0 Å². The molecule has 6 nitrogen and oxygen atoms in total. The molecule has 1 aromatic rings. The van der Waals surface area contributed by atoms with E-state index in [1.807, 2.05) is 0 Å². The van der Waals surface area contributed by atoms with Crippen LogP contribution in [0.4, 0.5) is 0 Å². The van der Waals surface area contributed by atoms with Crippen molar-refractivity contribution >= 4 is 15.7 Å². The van der Waals surface area contributed by atoms with E-state index in [2.05, 4.69) is 0 Å². The van der Waals surface area contributed by atoms with Gasteiger partial charge >= 0.3 is 0 Å². The van der Waals surface area contributed by atoms with E-state index < -0.39 is 9.84 Å². The van der Waals surface area contributed by atoms with Gasteiger partial charge in [-0.25, -0.2) is 8.42 Å². The van der Waals surface area contributed by atoms with Crippen LogP contribution in [0.1, 0.15) is 32.1 Å². The number of hydrogen-bond acceptors (Lipinski definition) is 5. The van der Waals surface area contributed by atoms with Crippen molar-refractivity contribution < 1.29 is 22.7 Å². The lowest BCUT2D eigenvalue weighted by molar-refractivity contribution is -0.137. The largest absolute Gasteiger partial charge is 0.497 e. The third-order valence-corrected chi connectivity index (χ3v) is 6.78. The van der Waals surface area contributed by atoms with Crippen LogP contribution in [0.3, 0.4) is 0 Å². The van der Waals surface area contributed by atoms with E-state index in [-0.39, 0.29) is 36.1 Å². The topological polar surface area (TPSA) is 72.9 Å². The summed E-state index contributed by atoms with van der Waals surface area (Å²) in [5.74, 6) is 1.46. The van der Waals surface area contributed by atoms with Crippen LogP contribution in [0, 0.1) is 0 Å². The molecule has 0 spiro atoms. The van der Waals surface area contributed by atoms with Gasteiger partial charge in [0.05, 0.1) is 18.6 Å².